The first-order chi connectivity index (χ1) is 9.24. The zero-order valence-corrected chi connectivity index (χ0v) is 12.2. The number of H-pyrrole nitrogens is 1. The first-order valence-electron chi connectivity index (χ1n) is 6.25. The standard InChI is InChI=1S/C12H15BrN6/c1-8-7-19(6-5-14-8)12-16-11(17-18-12)10-9(13)3-2-4-15-10/h2-4,8,14H,5-7H2,1H3,(H,16,17,18)/t8-/m1/s1. The van der Waals surface area contributed by atoms with E-state index in [0.29, 0.717) is 11.9 Å². The SMILES string of the molecule is C[C@@H]1CN(c2n[nH]c(-c3ncccc3Br)n2)CCN1. The molecule has 2 aromatic heterocycles. The summed E-state index contributed by atoms with van der Waals surface area (Å²) in [6.45, 7) is 4.96. The summed E-state index contributed by atoms with van der Waals surface area (Å²) < 4.78 is 0.909. The van der Waals surface area contributed by atoms with Crippen molar-refractivity contribution in [3.05, 3.63) is 22.8 Å². The van der Waals surface area contributed by atoms with Crippen molar-refractivity contribution in [1.29, 1.82) is 0 Å². The van der Waals surface area contributed by atoms with E-state index >= 15 is 0 Å². The summed E-state index contributed by atoms with van der Waals surface area (Å²) in [6, 6.07) is 4.28. The Balaban J connectivity index is 1.85. The van der Waals surface area contributed by atoms with Crippen molar-refractivity contribution in [1.82, 2.24) is 25.5 Å². The van der Waals surface area contributed by atoms with Gasteiger partial charge in [0.05, 0.1) is 0 Å². The fourth-order valence-electron chi connectivity index (χ4n) is 2.17. The monoisotopic (exact) mass is 322 g/mol. The molecule has 0 amide bonds. The summed E-state index contributed by atoms with van der Waals surface area (Å²) in [7, 11) is 0. The van der Waals surface area contributed by atoms with Gasteiger partial charge in [0.15, 0.2) is 5.82 Å². The van der Waals surface area contributed by atoms with Gasteiger partial charge in [-0.25, -0.2) is 0 Å². The molecule has 100 valence electrons. The zero-order chi connectivity index (χ0) is 13.2. The van der Waals surface area contributed by atoms with E-state index in [1.54, 1.807) is 6.20 Å². The Bertz CT molecular complexity index is 569. The van der Waals surface area contributed by atoms with E-state index in [4.69, 9.17) is 0 Å². The summed E-state index contributed by atoms with van der Waals surface area (Å²) in [5.74, 6) is 1.43. The van der Waals surface area contributed by atoms with Gasteiger partial charge in [0.2, 0.25) is 5.95 Å². The van der Waals surface area contributed by atoms with E-state index in [2.05, 4.69) is 53.2 Å². The lowest BCUT2D eigenvalue weighted by Gasteiger charge is -2.30. The highest BCUT2D eigenvalue weighted by Crippen LogP contribution is 2.23. The number of nitrogens with zero attached hydrogens (tertiary/aromatic N) is 4. The predicted octanol–water partition coefficient (Wildman–Crippen LogP) is 1.43. The number of anilines is 1. The van der Waals surface area contributed by atoms with Gasteiger partial charge in [0.1, 0.15) is 5.69 Å². The average molecular weight is 323 g/mol. The molecule has 0 aliphatic carbocycles. The molecule has 3 rings (SSSR count). The van der Waals surface area contributed by atoms with Gasteiger partial charge in [-0.05, 0) is 35.0 Å². The van der Waals surface area contributed by atoms with Crippen LogP contribution in [0.4, 0.5) is 5.95 Å². The van der Waals surface area contributed by atoms with Gasteiger partial charge in [0.25, 0.3) is 0 Å². The maximum absolute atomic E-state index is 4.54. The second-order valence-corrected chi connectivity index (χ2v) is 5.47. The Hall–Kier alpha value is -1.47. The van der Waals surface area contributed by atoms with Crippen LogP contribution in [0.1, 0.15) is 6.92 Å². The third kappa shape index (κ3) is 2.62. The summed E-state index contributed by atoms with van der Waals surface area (Å²) >= 11 is 3.47. The molecular weight excluding hydrogens is 308 g/mol. The van der Waals surface area contributed by atoms with Gasteiger partial charge in [-0.1, -0.05) is 0 Å². The number of nitrogens with one attached hydrogen (secondary N) is 2. The van der Waals surface area contributed by atoms with Crippen molar-refractivity contribution in [3.8, 4) is 11.5 Å². The van der Waals surface area contributed by atoms with Gasteiger partial charge >= 0.3 is 0 Å². The van der Waals surface area contributed by atoms with Crippen molar-refractivity contribution >= 4 is 21.9 Å². The van der Waals surface area contributed by atoms with Crippen LogP contribution >= 0.6 is 15.9 Å². The Morgan fingerprint density at radius 1 is 1.47 bits per heavy atom. The van der Waals surface area contributed by atoms with Crippen LogP contribution in [0.2, 0.25) is 0 Å². The molecule has 1 atom stereocenters. The minimum absolute atomic E-state index is 0.456. The Labute approximate surface area is 119 Å². The van der Waals surface area contributed by atoms with Crippen molar-refractivity contribution in [2.75, 3.05) is 24.5 Å². The Morgan fingerprint density at radius 2 is 2.37 bits per heavy atom. The normalized spacial score (nSPS) is 19.7. The molecule has 7 heteroatoms. The van der Waals surface area contributed by atoms with Gasteiger partial charge in [-0.3, -0.25) is 10.1 Å². The lowest BCUT2D eigenvalue weighted by atomic mass is 10.2. The third-order valence-corrected chi connectivity index (χ3v) is 3.75. The lowest BCUT2D eigenvalue weighted by molar-refractivity contribution is 0.480. The van der Waals surface area contributed by atoms with Crippen LogP contribution in [0.3, 0.4) is 0 Å². The molecule has 0 unspecified atom stereocenters. The van der Waals surface area contributed by atoms with Gasteiger partial charge in [0, 0.05) is 36.3 Å². The Kier molecular flexibility index (Phi) is 3.48. The minimum atomic E-state index is 0.456. The lowest BCUT2D eigenvalue weighted by Crippen LogP contribution is -2.49. The number of aromatic amines is 1. The number of halogens is 1. The zero-order valence-electron chi connectivity index (χ0n) is 10.6. The molecule has 0 spiro atoms. The fourth-order valence-corrected chi connectivity index (χ4v) is 2.62. The highest BCUT2D eigenvalue weighted by molar-refractivity contribution is 9.10. The quantitative estimate of drug-likeness (QED) is 0.875. The first kappa shape index (κ1) is 12.6. The second kappa shape index (κ2) is 5.26. The number of hydrogen-bond acceptors (Lipinski definition) is 5. The largest absolute Gasteiger partial charge is 0.337 e. The van der Waals surface area contributed by atoms with Crippen molar-refractivity contribution in [2.45, 2.75) is 13.0 Å². The fraction of sp³-hybridized carbons (Fsp3) is 0.417. The van der Waals surface area contributed by atoms with E-state index in [1.807, 2.05) is 12.1 Å². The molecule has 6 nitrogen and oxygen atoms in total. The Morgan fingerprint density at radius 3 is 3.16 bits per heavy atom. The molecule has 0 saturated carbocycles. The smallest absolute Gasteiger partial charge is 0.245 e. The molecule has 1 aliphatic rings. The predicted molar refractivity (Wildman–Crippen MR) is 77.0 cm³/mol. The van der Waals surface area contributed by atoms with Crippen LogP contribution in [0.5, 0.6) is 0 Å². The molecule has 0 bridgehead atoms. The van der Waals surface area contributed by atoms with Crippen LogP contribution in [-0.2, 0) is 0 Å². The van der Waals surface area contributed by atoms with Gasteiger partial charge in [-0.2, -0.15) is 4.98 Å². The molecule has 1 aliphatic heterocycles. The van der Waals surface area contributed by atoms with Crippen molar-refractivity contribution in [2.24, 2.45) is 0 Å². The molecule has 2 N–H and O–H groups in total. The third-order valence-electron chi connectivity index (χ3n) is 3.11. The summed E-state index contributed by atoms with van der Waals surface area (Å²) in [4.78, 5) is 11.0. The molecule has 1 fully saturated rings. The van der Waals surface area contributed by atoms with E-state index in [-0.39, 0.29) is 0 Å². The van der Waals surface area contributed by atoms with E-state index < -0.39 is 0 Å². The van der Waals surface area contributed by atoms with Crippen LogP contribution < -0.4 is 10.2 Å². The van der Waals surface area contributed by atoms with Crippen LogP contribution in [0, 0.1) is 0 Å². The van der Waals surface area contributed by atoms with E-state index in [1.165, 1.54) is 0 Å². The topological polar surface area (TPSA) is 69.7 Å². The molecule has 0 aromatic carbocycles. The number of pyridine rings is 1. The maximum Gasteiger partial charge on any atom is 0.245 e. The second-order valence-electron chi connectivity index (χ2n) is 4.62. The molecule has 3 heterocycles. The number of aromatic nitrogens is 4. The summed E-state index contributed by atoms with van der Waals surface area (Å²) in [5, 5.41) is 10.7. The van der Waals surface area contributed by atoms with Gasteiger partial charge < -0.3 is 10.2 Å². The molecule has 2 aromatic rings. The average Bonchev–Trinajstić information content (AvgIpc) is 2.89. The van der Waals surface area contributed by atoms with E-state index in [0.717, 1.165) is 35.7 Å². The molecule has 19 heavy (non-hydrogen) atoms. The van der Waals surface area contributed by atoms with Crippen molar-refractivity contribution in [3.63, 3.8) is 0 Å². The first-order valence-corrected chi connectivity index (χ1v) is 7.05. The van der Waals surface area contributed by atoms with E-state index in [9.17, 15) is 0 Å². The molecular formula is C12H15BrN6. The number of piperazine rings is 1. The van der Waals surface area contributed by atoms with Crippen LogP contribution in [0.25, 0.3) is 11.5 Å². The van der Waals surface area contributed by atoms with Crippen LogP contribution in [-0.4, -0.2) is 45.8 Å². The number of rotatable bonds is 2. The van der Waals surface area contributed by atoms with Gasteiger partial charge in [-0.15, -0.1) is 5.10 Å². The minimum Gasteiger partial charge on any atom is -0.337 e. The summed E-state index contributed by atoms with van der Waals surface area (Å²) in [5.41, 5.74) is 0.782. The van der Waals surface area contributed by atoms with Crippen molar-refractivity contribution < 1.29 is 0 Å². The summed E-state index contributed by atoms with van der Waals surface area (Å²) in [6.07, 6.45) is 1.75. The molecule has 0 radical (unpaired) electrons. The highest BCUT2D eigenvalue weighted by atomic mass is 79.9. The molecule has 1 saturated heterocycles. The van der Waals surface area contributed by atoms with Crippen LogP contribution in [0.15, 0.2) is 22.8 Å². The maximum atomic E-state index is 4.54. The number of hydrogen-bond donors (Lipinski definition) is 2. The highest BCUT2D eigenvalue weighted by Gasteiger charge is 2.20.